The number of benzene rings is 1. The molecule has 0 atom stereocenters. The first kappa shape index (κ1) is 10.2. The van der Waals surface area contributed by atoms with E-state index in [0.717, 1.165) is 22.9 Å². The van der Waals surface area contributed by atoms with E-state index in [1.807, 2.05) is 25.1 Å². The number of aromatic nitrogens is 1. The van der Waals surface area contributed by atoms with E-state index in [-0.39, 0.29) is 0 Å². The second kappa shape index (κ2) is 4.45. The monoisotopic (exact) mass is 219 g/mol. The third-order valence-electron chi connectivity index (χ3n) is 2.20. The molecule has 3 heteroatoms. The fourth-order valence-corrected chi connectivity index (χ4v) is 2.29. The molecule has 0 saturated heterocycles. The lowest BCUT2D eigenvalue weighted by Gasteiger charge is -2.05. The number of nitrogens with zero attached hydrogens (tertiary/aromatic N) is 1. The number of ether oxygens (including phenoxy) is 1. The Morgan fingerprint density at radius 3 is 2.80 bits per heavy atom. The molecule has 1 aromatic carbocycles. The van der Waals surface area contributed by atoms with Crippen molar-refractivity contribution >= 4 is 11.3 Å². The predicted octanol–water partition coefficient (Wildman–Crippen LogP) is 3.05. The van der Waals surface area contributed by atoms with E-state index in [0.29, 0.717) is 0 Å². The molecule has 0 N–H and O–H groups in total. The van der Waals surface area contributed by atoms with E-state index in [1.165, 1.54) is 5.56 Å². The summed E-state index contributed by atoms with van der Waals surface area (Å²) in [6.45, 7) is 2.02. The lowest BCUT2D eigenvalue weighted by atomic mass is 10.1. The number of methoxy groups -OCH3 is 1. The highest BCUT2D eigenvalue weighted by Crippen LogP contribution is 2.22. The Morgan fingerprint density at radius 2 is 2.13 bits per heavy atom. The Morgan fingerprint density at radius 1 is 1.33 bits per heavy atom. The van der Waals surface area contributed by atoms with Crippen LogP contribution in [-0.4, -0.2) is 12.1 Å². The van der Waals surface area contributed by atoms with E-state index < -0.39 is 0 Å². The van der Waals surface area contributed by atoms with Gasteiger partial charge in [0.2, 0.25) is 0 Å². The lowest BCUT2D eigenvalue weighted by molar-refractivity contribution is 0.410. The largest absolute Gasteiger partial charge is 0.496 e. The van der Waals surface area contributed by atoms with Gasteiger partial charge in [-0.2, -0.15) is 0 Å². The van der Waals surface area contributed by atoms with Crippen LogP contribution in [0.3, 0.4) is 0 Å². The summed E-state index contributed by atoms with van der Waals surface area (Å²) < 4.78 is 5.30. The van der Waals surface area contributed by atoms with Gasteiger partial charge in [-0.25, -0.2) is 4.98 Å². The van der Waals surface area contributed by atoms with Crippen LogP contribution in [0.2, 0.25) is 0 Å². The van der Waals surface area contributed by atoms with Crippen molar-refractivity contribution in [2.24, 2.45) is 0 Å². The van der Waals surface area contributed by atoms with Crippen LogP contribution in [0.1, 0.15) is 16.3 Å². The maximum absolute atomic E-state index is 5.30. The molecule has 2 aromatic rings. The smallest absolute Gasteiger partial charge is 0.122 e. The van der Waals surface area contributed by atoms with Gasteiger partial charge in [0.05, 0.1) is 12.1 Å². The molecular formula is C12H13NOS. The fourth-order valence-electron chi connectivity index (χ4n) is 1.50. The van der Waals surface area contributed by atoms with Crippen LogP contribution in [0.4, 0.5) is 0 Å². The number of rotatable bonds is 3. The number of hydrogen-bond acceptors (Lipinski definition) is 3. The van der Waals surface area contributed by atoms with Crippen molar-refractivity contribution in [2.75, 3.05) is 7.11 Å². The maximum atomic E-state index is 5.30. The summed E-state index contributed by atoms with van der Waals surface area (Å²) in [5, 5.41) is 3.21. The van der Waals surface area contributed by atoms with Gasteiger partial charge >= 0.3 is 0 Å². The van der Waals surface area contributed by atoms with Gasteiger partial charge in [-0.05, 0) is 13.0 Å². The van der Waals surface area contributed by atoms with Crippen molar-refractivity contribution in [1.29, 1.82) is 0 Å². The first-order chi connectivity index (χ1) is 7.29. The Bertz CT molecular complexity index is 450. The number of aryl methyl sites for hydroxylation is 1. The molecule has 0 bridgehead atoms. The Hall–Kier alpha value is -1.35. The van der Waals surface area contributed by atoms with Gasteiger partial charge in [0.15, 0.2) is 0 Å². The molecule has 0 amide bonds. The molecule has 0 fully saturated rings. The average Bonchev–Trinajstić information content (AvgIpc) is 2.65. The zero-order chi connectivity index (χ0) is 10.7. The highest BCUT2D eigenvalue weighted by atomic mass is 32.1. The number of thiazole rings is 1. The van der Waals surface area contributed by atoms with Crippen molar-refractivity contribution in [3.63, 3.8) is 0 Å². The molecule has 0 aliphatic carbocycles. The molecule has 0 saturated carbocycles. The standard InChI is InChI=1S/C12H13NOS/c1-9-8-15-12(13-9)7-10-5-3-4-6-11(10)14-2/h3-6,8H,7H2,1-2H3. The molecule has 2 rings (SSSR count). The summed E-state index contributed by atoms with van der Waals surface area (Å²) >= 11 is 1.70. The average molecular weight is 219 g/mol. The van der Waals surface area contributed by atoms with Crippen LogP contribution in [0, 0.1) is 6.92 Å². The molecule has 1 aromatic heterocycles. The molecule has 0 aliphatic rings. The Kier molecular flexibility index (Phi) is 3.02. The summed E-state index contributed by atoms with van der Waals surface area (Å²) in [5.41, 5.74) is 2.28. The summed E-state index contributed by atoms with van der Waals surface area (Å²) in [6.07, 6.45) is 0.850. The van der Waals surface area contributed by atoms with Crippen molar-refractivity contribution in [1.82, 2.24) is 4.98 Å². The van der Waals surface area contributed by atoms with E-state index in [2.05, 4.69) is 16.4 Å². The minimum absolute atomic E-state index is 0.850. The Labute approximate surface area is 93.6 Å². The summed E-state index contributed by atoms with van der Waals surface area (Å²) in [4.78, 5) is 4.44. The summed E-state index contributed by atoms with van der Waals surface area (Å²) in [5.74, 6) is 0.936. The van der Waals surface area contributed by atoms with Gasteiger partial charge in [-0.15, -0.1) is 11.3 Å². The van der Waals surface area contributed by atoms with E-state index in [1.54, 1.807) is 18.4 Å². The fraction of sp³-hybridized carbons (Fsp3) is 0.250. The molecule has 15 heavy (non-hydrogen) atoms. The maximum Gasteiger partial charge on any atom is 0.122 e. The van der Waals surface area contributed by atoms with Crippen molar-refractivity contribution in [2.45, 2.75) is 13.3 Å². The second-order valence-electron chi connectivity index (χ2n) is 3.37. The molecule has 0 unspecified atom stereocenters. The zero-order valence-corrected chi connectivity index (χ0v) is 9.67. The molecule has 78 valence electrons. The Balaban J connectivity index is 2.23. The van der Waals surface area contributed by atoms with Crippen LogP contribution < -0.4 is 4.74 Å². The number of hydrogen-bond donors (Lipinski definition) is 0. The predicted molar refractivity (Wildman–Crippen MR) is 62.7 cm³/mol. The number of para-hydroxylation sites is 1. The minimum Gasteiger partial charge on any atom is -0.496 e. The SMILES string of the molecule is COc1ccccc1Cc1nc(C)cs1. The van der Waals surface area contributed by atoms with Gasteiger partial charge < -0.3 is 4.74 Å². The molecule has 0 aliphatic heterocycles. The lowest BCUT2D eigenvalue weighted by Crippen LogP contribution is -1.92. The third kappa shape index (κ3) is 2.36. The highest BCUT2D eigenvalue weighted by molar-refractivity contribution is 7.09. The first-order valence-corrected chi connectivity index (χ1v) is 5.70. The quantitative estimate of drug-likeness (QED) is 0.791. The van der Waals surface area contributed by atoms with Gasteiger partial charge in [0.1, 0.15) is 5.75 Å². The minimum atomic E-state index is 0.850. The van der Waals surface area contributed by atoms with Crippen molar-refractivity contribution < 1.29 is 4.74 Å². The van der Waals surface area contributed by atoms with Crippen LogP contribution >= 0.6 is 11.3 Å². The van der Waals surface area contributed by atoms with Gasteiger partial charge in [0.25, 0.3) is 0 Å². The summed E-state index contributed by atoms with van der Waals surface area (Å²) in [6, 6.07) is 8.07. The van der Waals surface area contributed by atoms with Gasteiger partial charge in [-0.3, -0.25) is 0 Å². The van der Waals surface area contributed by atoms with Crippen LogP contribution in [0.25, 0.3) is 0 Å². The molecule has 2 nitrogen and oxygen atoms in total. The molecule has 1 heterocycles. The first-order valence-electron chi connectivity index (χ1n) is 4.82. The van der Waals surface area contributed by atoms with Crippen LogP contribution in [0.15, 0.2) is 29.6 Å². The topological polar surface area (TPSA) is 22.1 Å². The van der Waals surface area contributed by atoms with E-state index >= 15 is 0 Å². The summed E-state index contributed by atoms with van der Waals surface area (Å²) in [7, 11) is 1.70. The van der Waals surface area contributed by atoms with Crippen molar-refractivity contribution in [3.05, 3.63) is 45.9 Å². The van der Waals surface area contributed by atoms with Gasteiger partial charge in [-0.1, -0.05) is 18.2 Å². The normalized spacial score (nSPS) is 10.3. The van der Waals surface area contributed by atoms with E-state index in [9.17, 15) is 0 Å². The van der Waals surface area contributed by atoms with Crippen molar-refractivity contribution in [3.8, 4) is 5.75 Å². The zero-order valence-electron chi connectivity index (χ0n) is 8.86. The molecule has 0 radical (unpaired) electrons. The molecular weight excluding hydrogens is 206 g/mol. The van der Waals surface area contributed by atoms with Crippen LogP contribution in [0.5, 0.6) is 5.75 Å². The van der Waals surface area contributed by atoms with Gasteiger partial charge in [0, 0.05) is 23.1 Å². The van der Waals surface area contributed by atoms with Crippen LogP contribution in [-0.2, 0) is 6.42 Å². The highest BCUT2D eigenvalue weighted by Gasteiger charge is 2.05. The van der Waals surface area contributed by atoms with E-state index in [4.69, 9.17) is 4.74 Å². The molecule has 0 spiro atoms. The second-order valence-corrected chi connectivity index (χ2v) is 4.31. The third-order valence-corrected chi connectivity index (χ3v) is 3.17.